The molecule has 200 valence electrons. The lowest BCUT2D eigenvalue weighted by Crippen LogP contribution is -2.39. The van der Waals surface area contributed by atoms with E-state index in [-0.39, 0.29) is 23.0 Å². The number of aromatic nitrogens is 4. The topological polar surface area (TPSA) is 102 Å². The highest BCUT2D eigenvalue weighted by atomic mass is 19.2. The van der Waals surface area contributed by atoms with Crippen molar-refractivity contribution < 1.29 is 26.8 Å². The normalized spacial score (nSPS) is 14.9. The molecule has 0 radical (unpaired) electrons. The van der Waals surface area contributed by atoms with Gasteiger partial charge in [-0.3, -0.25) is 9.69 Å². The molecule has 4 aromatic rings. The van der Waals surface area contributed by atoms with Gasteiger partial charge in [0.05, 0.1) is 24.1 Å². The van der Waals surface area contributed by atoms with Crippen LogP contribution in [0.4, 0.5) is 13.2 Å². The maximum Gasteiger partial charge on any atom is 0.272 e. The minimum Gasteiger partial charge on any atom is -0.468 e. The Hall–Kier alpha value is -3.93. The second-order valence-corrected chi connectivity index (χ2v) is 10.4. The molecule has 1 atom stereocenters. The third kappa shape index (κ3) is 4.95. The van der Waals surface area contributed by atoms with E-state index in [1.165, 1.54) is 0 Å². The first-order valence-electron chi connectivity index (χ1n) is 12.1. The highest BCUT2D eigenvalue weighted by Gasteiger charge is 2.36. The van der Waals surface area contributed by atoms with Gasteiger partial charge in [0, 0.05) is 32.6 Å². The summed E-state index contributed by atoms with van der Waals surface area (Å²) in [6.45, 7) is 9.04. The fourth-order valence-corrected chi connectivity index (χ4v) is 4.54. The molecular weight excluding hydrogens is 501 g/mol. The number of hydrogen-bond donors (Lipinski definition) is 1. The predicted molar refractivity (Wildman–Crippen MR) is 129 cm³/mol. The van der Waals surface area contributed by atoms with Crippen LogP contribution >= 0.6 is 0 Å². The number of hydrogen-bond acceptors (Lipinski definition) is 7. The molecule has 9 nitrogen and oxygen atoms in total. The third-order valence-corrected chi connectivity index (χ3v) is 6.44. The molecule has 0 unspecified atom stereocenters. The lowest BCUT2D eigenvalue weighted by atomic mass is 9.86. The molecule has 5 rings (SSSR count). The zero-order valence-corrected chi connectivity index (χ0v) is 21.4. The molecule has 1 aliphatic rings. The summed E-state index contributed by atoms with van der Waals surface area (Å²) in [5.41, 5.74) is -0.189. The van der Waals surface area contributed by atoms with Crippen molar-refractivity contribution in [2.24, 2.45) is 5.41 Å². The fraction of sp³-hybridized carbons (Fsp3) is 0.385. The molecule has 38 heavy (non-hydrogen) atoms. The molecule has 0 saturated carbocycles. The van der Waals surface area contributed by atoms with E-state index in [1.54, 1.807) is 23.8 Å². The molecule has 12 heteroatoms. The van der Waals surface area contributed by atoms with Crippen molar-refractivity contribution in [1.29, 1.82) is 0 Å². The Bertz CT molecular complexity index is 1470. The van der Waals surface area contributed by atoms with Crippen LogP contribution in [0.5, 0.6) is 0 Å². The van der Waals surface area contributed by atoms with Gasteiger partial charge in [-0.1, -0.05) is 20.8 Å². The summed E-state index contributed by atoms with van der Waals surface area (Å²) < 4.78 is 55.3. The highest BCUT2D eigenvalue weighted by molar-refractivity contribution is 5.94. The van der Waals surface area contributed by atoms with Gasteiger partial charge in [0.2, 0.25) is 11.8 Å². The van der Waals surface area contributed by atoms with Crippen LogP contribution in [0.2, 0.25) is 0 Å². The van der Waals surface area contributed by atoms with E-state index in [0.717, 1.165) is 11.8 Å². The molecule has 1 N–H and O–H groups in total. The van der Waals surface area contributed by atoms with Gasteiger partial charge in [-0.25, -0.2) is 18.2 Å². The monoisotopic (exact) mass is 528 g/mol. The number of rotatable bonds is 6. The predicted octanol–water partition coefficient (Wildman–Crippen LogP) is 4.78. The minimum absolute atomic E-state index is 0.0405. The van der Waals surface area contributed by atoms with Crippen molar-refractivity contribution >= 4 is 5.91 Å². The van der Waals surface area contributed by atoms with Crippen LogP contribution in [-0.2, 0) is 19.6 Å². The van der Waals surface area contributed by atoms with Crippen LogP contribution in [0.3, 0.4) is 0 Å². The highest BCUT2D eigenvalue weighted by Crippen LogP contribution is 2.34. The summed E-state index contributed by atoms with van der Waals surface area (Å²) >= 11 is 0. The Balaban J connectivity index is 1.55. The van der Waals surface area contributed by atoms with Crippen LogP contribution in [0.25, 0.3) is 11.4 Å². The summed E-state index contributed by atoms with van der Waals surface area (Å²) in [4.78, 5) is 20.2. The van der Waals surface area contributed by atoms with Crippen molar-refractivity contribution in [2.45, 2.75) is 53.4 Å². The molecule has 4 heterocycles. The zero-order valence-electron chi connectivity index (χ0n) is 21.4. The Kier molecular flexibility index (Phi) is 6.59. The smallest absolute Gasteiger partial charge is 0.272 e. The van der Waals surface area contributed by atoms with E-state index in [4.69, 9.17) is 8.83 Å². The summed E-state index contributed by atoms with van der Waals surface area (Å²) in [5.74, 6) is -2.65. The maximum absolute atomic E-state index is 14.8. The van der Waals surface area contributed by atoms with Gasteiger partial charge < -0.3 is 18.7 Å². The molecule has 0 saturated heterocycles. The standard InChI is InChI=1S/C26H27F3N6O3/c1-14-32-33-25(38-14)22(26(2,3)4)31-24(36)21-20-13-34(12-15-6-5-9-37-15)7-8-35(20)23(30-21)16-10-18(28)19(29)11-17(16)27/h5-6,9-11,22H,7-8,12-13H2,1-4H3,(H,31,36)/t22-/m1/s1. The average molecular weight is 529 g/mol. The molecule has 1 aromatic carbocycles. The number of carbonyl (C=O) groups is 1. The van der Waals surface area contributed by atoms with Gasteiger partial charge in [-0.15, -0.1) is 10.2 Å². The Morgan fingerprint density at radius 3 is 2.55 bits per heavy atom. The summed E-state index contributed by atoms with van der Waals surface area (Å²) in [7, 11) is 0. The molecule has 0 spiro atoms. The van der Waals surface area contributed by atoms with Gasteiger partial charge in [-0.2, -0.15) is 0 Å². The zero-order chi connectivity index (χ0) is 27.2. The number of benzene rings is 1. The average Bonchev–Trinajstić information content (AvgIpc) is 3.59. The van der Waals surface area contributed by atoms with Crippen molar-refractivity contribution in [1.82, 2.24) is 30.0 Å². The largest absolute Gasteiger partial charge is 0.468 e. The van der Waals surface area contributed by atoms with Gasteiger partial charge in [0.25, 0.3) is 5.91 Å². The van der Waals surface area contributed by atoms with Crippen LogP contribution in [0.1, 0.15) is 60.5 Å². The van der Waals surface area contributed by atoms with Crippen molar-refractivity contribution in [3.05, 3.63) is 76.9 Å². The quantitative estimate of drug-likeness (QED) is 0.359. The van der Waals surface area contributed by atoms with Crippen LogP contribution in [0, 0.1) is 29.8 Å². The van der Waals surface area contributed by atoms with E-state index in [0.29, 0.717) is 43.8 Å². The van der Waals surface area contributed by atoms with E-state index >= 15 is 0 Å². The van der Waals surface area contributed by atoms with Crippen LogP contribution < -0.4 is 5.32 Å². The number of halogens is 3. The van der Waals surface area contributed by atoms with Gasteiger partial charge >= 0.3 is 0 Å². The summed E-state index contributed by atoms with van der Waals surface area (Å²) in [5, 5.41) is 10.9. The van der Waals surface area contributed by atoms with Crippen LogP contribution in [-0.4, -0.2) is 37.1 Å². The van der Waals surface area contributed by atoms with E-state index < -0.39 is 34.8 Å². The minimum atomic E-state index is -1.30. The number of fused-ring (bicyclic) bond motifs is 1. The number of nitrogens with one attached hydrogen (secondary N) is 1. The maximum atomic E-state index is 14.8. The van der Waals surface area contributed by atoms with Crippen molar-refractivity contribution in [3.8, 4) is 11.4 Å². The first-order valence-corrected chi connectivity index (χ1v) is 12.1. The van der Waals surface area contributed by atoms with Gasteiger partial charge in [0.15, 0.2) is 17.3 Å². The number of carbonyl (C=O) groups excluding carboxylic acids is 1. The van der Waals surface area contributed by atoms with Gasteiger partial charge in [0.1, 0.15) is 23.4 Å². The van der Waals surface area contributed by atoms with Gasteiger partial charge in [-0.05, 0) is 23.6 Å². The van der Waals surface area contributed by atoms with Crippen LogP contribution in [0.15, 0.2) is 39.4 Å². The molecule has 3 aromatic heterocycles. The summed E-state index contributed by atoms with van der Waals surface area (Å²) in [6, 6.07) is 4.22. The lowest BCUT2D eigenvalue weighted by Gasteiger charge is -2.30. The summed E-state index contributed by atoms with van der Waals surface area (Å²) in [6.07, 6.45) is 1.58. The van der Waals surface area contributed by atoms with Crippen molar-refractivity contribution in [3.63, 3.8) is 0 Å². The van der Waals surface area contributed by atoms with E-state index in [2.05, 4.69) is 25.4 Å². The molecule has 1 amide bonds. The molecule has 1 aliphatic heterocycles. The number of imidazole rings is 1. The first-order chi connectivity index (χ1) is 18.0. The Morgan fingerprint density at radius 2 is 1.89 bits per heavy atom. The Morgan fingerprint density at radius 1 is 1.13 bits per heavy atom. The Labute approximate surface area is 216 Å². The number of amides is 1. The van der Waals surface area contributed by atoms with E-state index in [9.17, 15) is 18.0 Å². The number of furan rings is 1. The van der Waals surface area contributed by atoms with Crippen molar-refractivity contribution in [2.75, 3.05) is 6.54 Å². The second kappa shape index (κ2) is 9.75. The lowest BCUT2D eigenvalue weighted by molar-refractivity contribution is 0.0876. The number of aryl methyl sites for hydroxylation is 1. The fourth-order valence-electron chi connectivity index (χ4n) is 4.54. The SMILES string of the molecule is Cc1nnc([C@@H](NC(=O)c2nc(-c3cc(F)c(F)cc3F)n3c2CN(Cc2ccco2)CC3)C(C)(C)C)o1. The number of nitrogens with zero attached hydrogens (tertiary/aromatic N) is 5. The molecule has 0 fully saturated rings. The van der Waals surface area contributed by atoms with E-state index in [1.807, 2.05) is 26.8 Å². The first kappa shape index (κ1) is 25.7. The molecular formula is C26H27F3N6O3. The second-order valence-electron chi connectivity index (χ2n) is 10.4. The molecule has 0 bridgehead atoms. The third-order valence-electron chi connectivity index (χ3n) is 6.44. The molecule has 0 aliphatic carbocycles.